The van der Waals surface area contributed by atoms with Gasteiger partial charge in [0.25, 0.3) is 0 Å². The second-order valence-electron chi connectivity index (χ2n) is 5.63. The van der Waals surface area contributed by atoms with Gasteiger partial charge in [0.15, 0.2) is 15.8 Å². The summed E-state index contributed by atoms with van der Waals surface area (Å²) in [7, 11) is -3.13. The number of hydrogen-bond acceptors (Lipinski definition) is 4. The summed E-state index contributed by atoms with van der Waals surface area (Å²) >= 11 is 0. The maximum Gasteiger partial charge on any atom is 0.191 e. The number of nitrogens with one attached hydrogen (secondary N) is 2. The van der Waals surface area contributed by atoms with E-state index in [-0.39, 0.29) is 5.75 Å². The van der Waals surface area contributed by atoms with Crippen molar-refractivity contribution < 1.29 is 12.8 Å². The first-order valence-corrected chi connectivity index (χ1v) is 8.68. The van der Waals surface area contributed by atoms with E-state index in [2.05, 4.69) is 15.6 Å². The van der Waals surface area contributed by atoms with Crippen LogP contribution < -0.4 is 10.6 Å². The molecule has 21 heavy (non-hydrogen) atoms. The molecule has 1 heterocycles. The topological polar surface area (TPSA) is 83.7 Å². The van der Waals surface area contributed by atoms with Gasteiger partial charge in [-0.15, -0.1) is 0 Å². The normalized spacial score (nSPS) is 13.2. The average Bonchev–Trinajstić information content (AvgIpc) is 2.87. The number of aliphatic imine (C=N–C) groups is 1. The Bertz CT molecular complexity index is 543. The highest BCUT2D eigenvalue weighted by Gasteiger charge is 2.28. The smallest absolute Gasteiger partial charge is 0.191 e. The van der Waals surface area contributed by atoms with Gasteiger partial charge >= 0.3 is 0 Å². The second kappa shape index (κ2) is 7.49. The molecule has 1 rings (SSSR count). The van der Waals surface area contributed by atoms with E-state index < -0.39 is 14.6 Å². The fraction of sp³-hybridized carbons (Fsp3) is 0.643. The number of hydrogen-bond donors (Lipinski definition) is 2. The molecule has 0 aromatic carbocycles. The molecule has 1 aromatic heterocycles. The van der Waals surface area contributed by atoms with Crippen LogP contribution >= 0.6 is 0 Å². The van der Waals surface area contributed by atoms with Crippen LogP contribution in [-0.4, -0.2) is 38.0 Å². The molecular weight excluding hydrogens is 290 g/mol. The van der Waals surface area contributed by atoms with Crippen molar-refractivity contribution in [1.82, 2.24) is 10.6 Å². The summed E-state index contributed by atoms with van der Waals surface area (Å²) in [4.78, 5) is 4.34. The molecule has 1 aromatic rings. The number of guanidine groups is 1. The molecule has 0 saturated heterocycles. The summed E-state index contributed by atoms with van der Waals surface area (Å²) in [5, 5.41) is 6.10. The van der Waals surface area contributed by atoms with Gasteiger partial charge in [-0.05, 0) is 39.8 Å². The van der Waals surface area contributed by atoms with Crippen LogP contribution in [0.15, 0.2) is 27.8 Å². The third-order valence-electron chi connectivity index (χ3n) is 2.91. The molecule has 0 aliphatic heterocycles. The van der Waals surface area contributed by atoms with Gasteiger partial charge in [0.2, 0.25) is 0 Å². The van der Waals surface area contributed by atoms with E-state index in [1.54, 1.807) is 33.1 Å². The summed E-state index contributed by atoms with van der Waals surface area (Å²) in [6.45, 7) is 8.51. The van der Waals surface area contributed by atoms with E-state index in [0.717, 1.165) is 5.76 Å². The fourth-order valence-electron chi connectivity index (χ4n) is 1.51. The Morgan fingerprint density at radius 3 is 2.57 bits per heavy atom. The maximum atomic E-state index is 12.0. The molecule has 0 bridgehead atoms. The molecule has 7 heteroatoms. The Labute approximate surface area is 126 Å². The quantitative estimate of drug-likeness (QED) is 0.614. The minimum absolute atomic E-state index is 0.0711. The number of nitrogens with zero attached hydrogens (tertiary/aromatic N) is 1. The number of rotatable bonds is 6. The molecule has 0 aliphatic rings. The van der Waals surface area contributed by atoms with Crippen LogP contribution in [0.3, 0.4) is 0 Å². The molecule has 120 valence electrons. The third-order valence-corrected chi connectivity index (χ3v) is 5.52. The molecule has 6 nitrogen and oxygen atoms in total. The van der Waals surface area contributed by atoms with Crippen LogP contribution in [0, 0.1) is 0 Å². The SMILES string of the molecule is CCNC(=NCc1ccco1)NCCS(=O)(=O)C(C)(C)C. The third kappa shape index (κ3) is 5.79. The van der Waals surface area contributed by atoms with Crippen molar-refractivity contribution in [3.8, 4) is 0 Å². The van der Waals surface area contributed by atoms with Gasteiger partial charge < -0.3 is 15.1 Å². The Balaban J connectivity index is 2.54. The Kier molecular flexibility index (Phi) is 6.26. The fourth-order valence-corrected chi connectivity index (χ4v) is 2.49. The lowest BCUT2D eigenvalue weighted by Gasteiger charge is -2.19. The molecule has 2 N–H and O–H groups in total. The predicted octanol–water partition coefficient (Wildman–Crippen LogP) is 1.55. The minimum atomic E-state index is -3.13. The maximum absolute atomic E-state index is 12.0. The molecular formula is C14H25N3O3S. The van der Waals surface area contributed by atoms with Gasteiger partial charge in [0, 0.05) is 13.1 Å². The van der Waals surface area contributed by atoms with E-state index in [0.29, 0.717) is 25.6 Å². The molecule has 0 spiro atoms. The lowest BCUT2D eigenvalue weighted by Crippen LogP contribution is -2.41. The molecule has 0 saturated carbocycles. The summed E-state index contributed by atoms with van der Waals surface area (Å²) in [6.07, 6.45) is 1.60. The van der Waals surface area contributed by atoms with E-state index in [1.807, 2.05) is 13.0 Å². The summed E-state index contributed by atoms with van der Waals surface area (Å²) in [6, 6.07) is 3.65. The van der Waals surface area contributed by atoms with E-state index >= 15 is 0 Å². The van der Waals surface area contributed by atoms with E-state index in [1.165, 1.54) is 0 Å². The van der Waals surface area contributed by atoms with Crippen LogP contribution in [-0.2, 0) is 16.4 Å². The Morgan fingerprint density at radius 1 is 1.33 bits per heavy atom. The zero-order valence-electron chi connectivity index (χ0n) is 13.1. The standard InChI is InChI=1S/C14H25N3O3S/c1-5-15-13(17-11-12-7-6-9-20-12)16-8-10-21(18,19)14(2,3)4/h6-7,9H,5,8,10-11H2,1-4H3,(H2,15,16,17). The highest BCUT2D eigenvalue weighted by molar-refractivity contribution is 7.92. The average molecular weight is 315 g/mol. The molecule has 0 fully saturated rings. The monoisotopic (exact) mass is 315 g/mol. The van der Waals surface area contributed by atoms with Crippen LogP contribution in [0.1, 0.15) is 33.5 Å². The first-order chi connectivity index (χ1) is 9.76. The largest absolute Gasteiger partial charge is 0.467 e. The second-order valence-corrected chi connectivity index (χ2v) is 8.50. The van der Waals surface area contributed by atoms with Crippen LogP contribution in [0.25, 0.3) is 0 Å². The number of furan rings is 1. The minimum Gasteiger partial charge on any atom is -0.467 e. The van der Waals surface area contributed by atoms with E-state index in [9.17, 15) is 8.42 Å². The predicted molar refractivity (Wildman–Crippen MR) is 85.1 cm³/mol. The first-order valence-electron chi connectivity index (χ1n) is 7.03. The van der Waals surface area contributed by atoms with Crippen LogP contribution in [0.5, 0.6) is 0 Å². The van der Waals surface area contributed by atoms with Gasteiger partial charge in [-0.25, -0.2) is 13.4 Å². The molecule has 0 aliphatic carbocycles. The van der Waals surface area contributed by atoms with Crippen LogP contribution in [0.4, 0.5) is 0 Å². The van der Waals surface area contributed by atoms with Crippen molar-refractivity contribution in [3.63, 3.8) is 0 Å². The van der Waals surface area contributed by atoms with Crippen molar-refractivity contribution in [1.29, 1.82) is 0 Å². The van der Waals surface area contributed by atoms with Crippen molar-refractivity contribution in [3.05, 3.63) is 24.2 Å². The van der Waals surface area contributed by atoms with Crippen LogP contribution in [0.2, 0.25) is 0 Å². The first kappa shape index (κ1) is 17.6. The highest BCUT2D eigenvalue weighted by atomic mass is 32.2. The molecule has 0 atom stereocenters. The van der Waals surface area contributed by atoms with Gasteiger partial charge in [-0.2, -0.15) is 0 Å². The number of sulfone groups is 1. The summed E-state index contributed by atoms with van der Waals surface area (Å²) in [5.74, 6) is 1.41. The lowest BCUT2D eigenvalue weighted by atomic mass is 10.3. The van der Waals surface area contributed by atoms with Gasteiger partial charge in [-0.1, -0.05) is 0 Å². The molecule has 0 amide bonds. The Hall–Kier alpha value is -1.50. The Morgan fingerprint density at radius 2 is 2.05 bits per heavy atom. The van der Waals surface area contributed by atoms with Gasteiger partial charge in [0.1, 0.15) is 12.3 Å². The summed E-state index contributed by atoms with van der Waals surface area (Å²) < 4.78 is 28.5. The lowest BCUT2D eigenvalue weighted by molar-refractivity contribution is 0.512. The zero-order valence-corrected chi connectivity index (χ0v) is 14.0. The van der Waals surface area contributed by atoms with Gasteiger partial charge in [-0.3, -0.25) is 0 Å². The van der Waals surface area contributed by atoms with Crippen molar-refractivity contribution >= 4 is 15.8 Å². The van der Waals surface area contributed by atoms with Gasteiger partial charge in [0.05, 0.1) is 16.8 Å². The molecule has 0 radical (unpaired) electrons. The van der Waals surface area contributed by atoms with Crippen molar-refractivity contribution in [2.24, 2.45) is 4.99 Å². The van der Waals surface area contributed by atoms with Crippen molar-refractivity contribution in [2.75, 3.05) is 18.8 Å². The summed E-state index contributed by atoms with van der Waals surface area (Å²) in [5.41, 5.74) is 0. The van der Waals surface area contributed by atoms with E-state index in [4.69, 9.17) is 4.42 Å². The zero-order chi connectivity index (χ0) is 15.9. The molecule has 0 unspecified atom stereocenters. The highest BCUT2D eigenvalue weighted by Crippen LogP contribution is 2.15. The van der Waals surface area contributed by atoms with Crippen molar-refractivity contribution in [2.45, 2.75) is 39.0 Å².